The monoisotopic (exact) mass is 368 g/mol. The highest BCUT2D eigenvalue weighted by atomic mass is 16.5. The molecule has 6 nitrogen and oxygen atoms in total. The van der Waals surface area contributed by atoms with Gasteiger partial charge in [-0.05, 0) is 55.5 Å². The van der Waals surface area contributed by atoms with Crippen molar-refractivity contribution >= 4 is 5.96 Å². The molecule has 1 heterocycles. The van der Waals surface area contributed by atoms with Gasteiger partial charge in [-0.1, -0.05) is 12.1 Å². The first-order chi connectivity index (χ1) is 13.3. The molecular weight excluding hydrogens is 340 g/mol. The van der Waals surface area contributed by atoms with Crippen LogP contribution in [0.15, 0.2) is 47.6 Å². The van der Waals surface area contributed by atoms with Gasteiger partial charge in [0.15, 0.2) is 17.5 Å². The highest BCUT2D eigenvalue weighted by molar-refractivity contribution is 5.79. The highest BCUT2D eigenvalue weighted by Crippen LogP contribution is 2.32. The van der Waals surface area contributed by atoms with Crippen LogP contribution in [0.3, 0.4) is 0 Å². The zero-order valence-electron chi connectivity index (χ0n) is 16.1. The smallest absolute Gasteiger partial charge is 0.191 e. The normalized spacial score (nSPS) is 14.8. The summed E-state index contributed by atoms with van der Waals surface area (Å²) in [5.74, 6) is 2.33. The van der Waals surface area contributed by atoms with Crippen molar-refractivity contribution in [3.63, 3.8) is 0 Å². The summed E-state index contributed by atoms with van der Waals surface area (Å²) in [7, 11) is 3.44. The van der Waals surface area contributed by atoms with Crippen molar-refractivity contribution in [2.24, 2.45) is 4.99 Å². The molecule has 1 saturated carbocycles. The number of aromatic nitrogens is 1. The summed E-state index contributed by atoms with van der Waals surface area (Å²) in [5, 5.41) is 6.60. The van der Waals surface area contributed by atoms with Gasteiger partial charge in [-0.25, -0.2) is 0 Å². The number of aliphatic imine (C=N–C) groups is 1. The Labute approximate surface area is 161 Å². The van der Waals surface area contributed by atoms with Gasteiger partial charge in [0.05, 0.1) is 25.5 Å². The van der Waals surface area contributed by atoms with Crippen molar-refractivity contribution < 1.29 is 9.47 Å². The van der Waals surface area contributed by atoms with Crippen LogP contribution >= 0.6 is 0 Å². The van der Waals surface area contributed by atoms with Crippen LogP contribution in [0.5, 0.6) is 11.5 Å². The number of rotatable bonds is 7. The van der Waals surface area contributed by atoms with Crippen LogP contribution in [0.4, 0.5) is 0 Å². The van der Waals surface area contributed by atoms with E-state index in [4.69, 9.17) is 9.47 Å². The van der Waals surface area contributed by atoms with Gasteiger partial charge < -0.3 is 20.1 Å². The number of benzene rings is 1. The van der Waals surface area contributed by atoms with E-state index in [0.717, 1.165) is 41.6 Å². The second kappa shape index (κ2) is 9.80. The van der Waals surface area contributed by atoms with Crippen molar-refractivity contribution in [2.75, 3.05) is 14.2 Å². The van der Waals surface area contributed by atoms with Crippen LogP contribution in [0.2, 0.25) is 0 Å². The van der Waals surface area contributed by atoms with Crippen molar-refractivity contribution in [1.29, 1.82) is 0 Å². The van der Waals surface area contributed by atoms with E-state index in [9.17, 15) is 0 Å². The number of hydrogen-bond acceptors (Lipinski definition) is 4. The molecule has 144 valence electrons. The summed E-state index contributed by atoms with van der Waals surface area (Å²) in [5.41, 5.74) is 2.08. The van der Waals surface area contributed by atoms with Gasteiger partial charge in [0.25, 0.3) is 0 Å². The SMILES string of the molecule is CN=C(NCc1ccc(OC)c(OC2CCCC2)c1)NCc1ccccn1. The number of methoxy groups -OCH3 is 1. The lowest BCUT2D eigenvalue weighted by Crippen LogP contribution is -2.36. The van der Waals surface area contributed by atoms with E-state index in [1.54, 1.807) is 20.4 Å². The molecule has 6 heteroatoms. The Morgan fingerprint density at radius 3 is 2.63 bits per heavy atom. The molecule has 0 atom stereocenters. The third-order valence-corrected chi connectivity index (χ3v) is 4.67. The molecule has 27 heavy (non-hydrogen) atoms. The van der Waals surface area contributed by atoms with Gasteiger partial charge in [0.1, 0.15) is 0 Å². The third-order valence-electron chi connectivity index (χ3n) is 4.67. The molecule has 0 amide bonds. The van der Waals surface area contributed by atoms with Gasteiger partial charge in [-0.3, -0.25) is 9.98 Å². The molecular formula is C21H28N4O2. The number of ether oxygens (including phenoxy) is 2. The maximum absolute atomic E-state index is 6.17. The summed E-state index contributed by atoms with van der Waals surface area (Å²) in [6, 6.07) is 11.9. The standard InChI is InChI=1S/C21H28N4O2/c1-22-21(25-15-17-7-5-6-12-23-17)24-14-16-10-11-19(26-2)20(13-16)27-18-8-3-4-9-18/h5-7,10-13,18H,3-4,8-9,14-15H2,1-2H3,(H2,22,24,25). The molecule has 0 unspecified atom stereocenters. The lowest BCUT2D eigenvalue weighted by molar-refractivity contribution is 0.200. The zero-order chi connectivity index (χ0) is 18.9. The van der Waals surface area contributed by atoms with Crippen molar-refractivity contribution in [1.82, 2.24) is 15.6 Å². The quantitative estimate of drug-likeness (QED) is 0.580. The van der Waals surface area contributed by atoms with Crippen LogP contribution in [0, 0.1) is 0 Å². The average Bonchev–Trinajstić information content (AvgIpc) is 3.22. The molecule has 1 aliphatic carbocycles. The first-order valence-electron chi connectivity index (χ1n) is 9.46. The Kier molecular flexibility index (Phi) is 6.90. The van der Waals surface area contributed by atoms with Gasteiger partial charge in [0.2, 0.25) is 0 Å². The first kappa shape index (κ1) is 19.0. The molecule has 0 radical (unpaired) electrons. The van der Waals surface area contributed by atoms with Gasteiger partial charge in [-0.2, -0.15) is 0 Å². The maximum atomic E-state index is 6.17. The Morgan fingerprint density at radius 1 is 1.11 bits per heavy atom. The Balaban J connectivity index is 1.57. The summed E-state index contributed by atoms with van der Waals surface area (Å²) in [6.07, 6.45) is 6.82. The van der Waals surface area contributed by atoms with Gasteiger partial charge in [0, 0.05) is 19.8 Å². The second-order valence-electron chi connectivity index (χ2n) is 6.61. The minimum absolute atomic E-state index is 0.301. The number of nitrogens with zero attached hydrogens (tertiary/aromatic N) is 2. The van der Waals surface area contributed by atoms with Crippen LogP contribution in [0.25, 0.3) is 0 Å². The molecule has 0 aliphatic heterocycles. The molecule has 2 N–H and O–H groups in total. The summed E-state index contributed by atoms with van der Waals surface area (Å²) in [6.45, 7) is 1.27. The second-order valence-corrected chi connectivity index (χ2v) is 6.61. The molecule has 3 rings (SSSR count). The minimum atomic E-state index is 0.301. The number of guanidine groups is 1. The first-order valence-corrected chi connectivity index (χ1v) is 9.46. The molecule has 0 bridgehead atoms. The van der Waals surface area contributed by atoms with Crippen LogP contribution in [0.1, 0.15) is 36.9 Å². The fourth-order valence-corrected chi connectivity index (χ4v) is 3.19. The lowest BCUT2D eigenvalue weighted by atomic mass is 10.2. The van der Waals surface area contributed by atoms with E-state index in [0.29, 0.717) is 19.2 Å². The van der Waals surface area contributed by atoms with Crippen molar-refractivity contribution in [3.05, 3.63) is 53.9 Å². The molecule has 1 aromatic carbocycles. The fourth-order valence-electron chi connectivity index (χ4n) is 3.19. The largest absolute Gasteiger partial charge is 0.493 e. The van der Waals surface area contributed by atoms with E-state index in [-0.39, 0.29) is 0 Å². The predicted molar refractivity (Wildman–Crippen MR) is 107 cm³/mol. The third kappa shape index (κ3) is 5.61. The van der Waals surface area contributed by atoms with E-state index in [1.807, 2.05) is 30.3 Å². The molecule has 2 aromatic rings. The molecule has 0 saturated heterocycles. The van der Waals surface area contributed by atoms with E-state index in [1.165, 1.54) is 12.8 Å². The molecule has 1 fully saturated rings. The fraction of sp³-hybridized carbons (Fsp3) is 0.429. The minimum Gasteiger partial charge on any atom is -0.493 e. The van der Waals surface area contributed by atoms with Crippen molar-refractivity contribution in [3.8, 4) is 11.5 Å². The maximum Gasteiger partial charge on any atom is 0.191 e. The van der Waals surface area contributed by atoms with Gasteiger partial charge >= 0.3 is 0 Å². The van der Waals surface area contributed by atoms with Crippen molar-refractivity contribution in [2.45, 2.75) is 44.9 Å². The van der Waals surface area contributed by atoms with E-state index >= 15 is 0 Å². The lowest BCUT2D eigenvalue weighted by Gasteiger charge is -2.17. The molecule has 1 aromatic heterocycles. The van der Waals surface area contributed by atoms with Crippen LogP contribution in [-0.2, 0) is 13.1 Å². The predicted octanol–water partition coefficient (Wildman–Crippen LogP) is 3.28. The average molecular weight is 368 g/mol. The Bertz CT molecular complexity index is 743. The van der Waals surface area contributed by atoms with Crippen LogP contribution < -0.4 is 20.1 Å². The van der Waals surface area contributed by atoms with E-state index < -0.39 is 0 Å². The highest BCUT2D eigenvalue weighted by Gasteiger charge is 2.18. The Hall–Kier alpha value is -2.76. The molecule has 1 aliphatic rings. The van der Waals surface area contributed by atoms with E-state index in [2.05, 4.69) is 26.7 Å². The number of pyridine rings is 1. The summed E-state index contributed by atoms with van der Waals surface area (Å²) in [4.78, 5) is 8.58. The molecule has 0 spiro atoms. The number of nitrogens with one attached hydrogen (secondary N) is 2. The topological polar surface area (TPSA) is 67.8 Å². The van der Waals surface area contributed by atoms with Crippen LogP contribution in [-0.4, -0.2) is 31.2 Å². The summed E-state index contributed by atoms with van der Waals surface area (Å²) < 4.78 is 11.6. The zero-order valence-corrected chi connectivity index (χ0v) is 16.1. The number of hydrogen-bond donors (Lipinski definition) is 2. The summed E-state index contributed by atoms with van der Waals surface area (Å²) >= 11 is 0. The van der Waals surface area contributed by atoms with Gasteiger partial charge in [-0.15, -0.1) is 0 Å². The Morgan fingerprint density at radius 2 is 1.93 bits per heavy atom.